The molecule has 0 bridgehead atoms. The van der Waals surface area contributed by atoms with Gasteiger partial charge in [0, 0.05) is 12.6 Å². The smallest absolute Gasteiger partial charge is 0.0243 e. The van der Waals surface area contributed by atoms with Crippen molar-refractivity contribution in [2.75, 3.05) is 26.2 Å². The molecule has 2 heteroatoms. The predicted molar refractivity (Wildman–Crippen MR) is 78.6 cm³/mol. The van der Waals surface area contributed by atoms with Gasteiger partial charge in [-0.1, -0.05) is 41.5 Å². The minimum atomic E-state index is 0.342. The molecule has 0 saturated heterocycles. The van der Waals surface area contributed by atoms with Crippen molar-refractivity contribution in [2.24, 2.45) is 5.41 Å². The molecule has 0 aromatic heterocycles. The van der Waals surface area contributed by atoms with E-state index in [1.807, 2.05) is 0 Å². The molecule has 17 heavy (non-hydrogen) atoms. The standard InChI is InChI=1S/C15H34N2/c1-7-10-16-14(15(4,5)6)13-17(11-8-2)12-9-3/h14,16H,7-13H2,1-6H3. The lowest BCUT2D eigenvalue weighted by atomic mass is 9.86. The van der Waals surface area contributed by atoms with Crippen LogP contribution < -0.4 is 5.32 Å². The molecule has 0 aromatic rings. The molecule has 0 fully saturated rings. The molecule has 1 unspecified atom stereocenters. The van der Waals surface area contributed by atoms with E-state index in [1.54, 1.807) is 0 Å². The van der Waals surface area contributed by atoms with E-state index >= 15 is 0 Å². The number of nitrogens with one attached hydrogen (secondary N) is 1. The summed E-state index contributed by atoms with van der Waals surface area (Å²) < 4.78 is 0. The second kappa shape index (κ2) is 8.93. The summed E-state index contributed by atoms with van der Waals surface area (Å²) in [5, 5.41) is 3.71. The first-order chi connectivity index (χ1) is 7.95. The summed E-state index contributed by atoms with van der Waals surface area (Å²) in [6.07, 6.45) is 3.73. The number of nitrogens with zero attached hydrogens (tertiary/aromatic N) is 1. The summed E-state index contributed by atoms with van der Waals surface area (Å²) in [7, 11) is 0. The molecule has 0 spiro atoms. The van der Waals surface area contributed by atoms with Crippen LogP contribution in [0, 0.1) is 5.41 Å². The van der Waals surface area contributed by atoms with Crippen molar-refractivity contribution in [1.29, 1.82) is 0 Å². The van der Waals surface area contributed by atoms with Crippen LogP contribution >= 0.6 is 0 Å². The first-order valence-corrected chi connectivity index (χ1v) is 7.41. The zero-order chi connectivity index (χ0) is 13.3. The van der Waals surface area contributed by atoms with Crippen molar-refractivity contribution in [2.45, 2.75) is 66.8 Å². The number of hydrogen-bond acceptors (Lipinski definition) is 2. The van der Waals surface area contributed by atoms with Crippen LogP contribution in [0.2, 0.25) is 0 Å². The van der Waals surface area contributed by atoms with Crippen molar-refractivity contribution >= 4 is 0 Å². The van der Waals surface area contributed by atoms with E-state index in [0.717, 1.165) is 6.54 Å². The minimum absolute atomic E-state index is 0.342. The zero-order valence-corrected chi connectivity index (χ0v) is 13.0. The number of rotatable bonds is 9. The summed E-state index contributed by atoms with van der Waals surface area (Å²) >= 11 is 0. The maximum atomic E-state index is 3.71. The van der Waals surface area contributed by atoms with Gasteiger partial charge in [-0.2, -0.15) is 0 Å². The van der Waals surface area contributed by atoms with Crippen molar-refractivity contribution in [3.05, 3.63) is 0 Å². The Kier molecular flexibility index (Phi) is 8.89. The Morgan fingerprint density at radius 3 is 1.82 bits per heavy atom. The summed E-state index contributed by atoms with van der Waals surface area (Å²) in [6, 6.07) is 0.598. The molecule has 0 aliphatic carbocycles. The molecular formula is C15H34N2. The average molecular weight is 242 g/mol. The maximum absolute atomic E-state index is 3.71. The van der Waals surface area contributed by atoms with Crippen molar-refractivity contribution in [3.8, 4) is 0 Å². The molecule has 0 radical (unpaired) electrons. The SMILES string of the molecule is CCCNC(CN(CCC)CCC)C(C)(C)C. The van der Waals surface area contributed by atoms with Crippen molar-refractivity contribution < 1.29 is 0 Å². The normalized spacial score (nSPS) is 14.3. The third-order valence-corrected chi connectivity index (χ3v) is 3.21. The highest BCUT2D eigenvalue weighted by Crippen LogP contribution is 2.20. The summed E-state index contributed by atoms with van der Waals surface area (Å²) in [5.41, 5.74) is 0.342. The van der Waals surface area contributed by atoms with E-state index in [-0.39, 0.29) is 0 Å². The van der Waals surface area contributed by atoms with Gasteiger partial charge < -0.3 is 10.2 Å². The largest absolute Gasteiger partial charge is 0.312 e. The molecule has 0 aliphatic heterocycles. The monoisotopic (exact) mass is 242 g/mol. The first-order valence-electron chi connectivity index (χ1n) is 7.41. The van der Waals surface area contributed by atoms with Crippen LogP contribution in [-0.2, 0) is 0 Å². The lowest BCUT2D eigenvalue weighted by molar-refractivity contribution is 0.172. The average Bonchev–Trinajstić information content (AvgIpc) is 2.23. The lowest BCUT2D eigenvalue weighted by Gasteiger charge is -2.36. The molecule has 0 saturated carbocycles. The van der Waals surface area contributed by atoms with Crippen LogP contribution in [0.25, 0.3) is 0 Å². The second-order valence-corrected chi connectivity index (χ2v) is 6.17. The van der Waals surface area contributed by atoms with Gasteiger partial charge in [0.1, 0.15) is 0 Å². The van der Waals surface area contributed by atoms with Crippen molar-refractivity contribution in [3.63, 3.8) is 0 Å². The second-order valence-electron chi connectivity index (χ2n) is 6.17. The molecule has 0 aliphatic rings. The van der Waals surface area contributed by atoms with Gasteiger partial charge in [0.25, 0.3) is 0 Å². The van der Waals surface area contributed by atoms with E-state index in [2.05, 4.69) is 51.8 Å². The summed E-state index contributed by atoms with van der Waals surface area (Å²) in [6.45, 7) is 18.6. The Balaban J connectivity index is 4.36. The van der Waals surface area contributed by atoms with Gasteiger partial charge in [0.05, 0.1) is 0 Å². The predicted octanol–water partition coefficient (Wildman–Crippen LogP) is 3.52. The Morgan fingerprint density at radius 1 is 0.941 bits per heavy atom. The highest BCUT2D eigenvalue weighted by atomic mass is 15.1. The fourth-order valence-corrected chi connectivity index (χ4v) is 2.15. The summed E-state index contributed by atoms with van der Waals surface area (Å²) in [4.78, 5) is 2.61. The van der Waals surface area contributed by atoms with Gasteiger partial charge in [0.2, 0.25) is 0 Å². The van der Waals surface area contributed by atoms with Gasteiger partial charge in [0.15, 0.2) is 0 Å². The van der Waals surface area contributed by atoms with Crippen LogP contribution in [0.1, 0.15) is 60.8 Å². The molecule has 1 N–H and O–H groups in total. The fourth-order valence-electron chi connectivity index (χ4n) is 2.15. The minimum Gasteiger partial charge on any atom is -0.312 e. The van der Waals surface area contributed by atoms with E-state index in [4.69, 9.17) is 0 Å². The topological polar surface area (TPSA) is 15.3 Å². The van der Waals surface area contributed by atoms with Gasteiger partial charge in [-0.25, -0.2) is 0 Å². The highest BCUT2D eigenvalue weighted by molar-refractivity contribution is 4.83. The maximum Gasteiger partial charge on any atom is 0.0243 e. The van der Waals surface area contributed by atoms with Crippen LogP contribution in [0.15, 0.2) is 0 Å². The molecule has 0 aromatic carbocycles. The first kappa shape index (κ1) is 16.9. The molecule has 0 rings (SSSR count). The van der Waals surface area contributed by atoms with Crippen LogP contribution in [-0.4, -0.2) is 37.1 Å². The van der Waals surface area contributed by atoms with Gasteiger partial charge in [-0.15, -0.1) is 0 Å². The quantitative estimate of drug-likeness (QED) is 0.665. The van der Waals surface area contributed by atoms with Gasteiger partial charge in [-0.3, -0.25) is 0 Å². The molecule has 2 nitrogen and oxygen atoms in total. The van der Waals surface area contributed by atoms with E-state index in [9.17, 15) is 0 Å². The zero-order valence-electron chi connectivity index (χ0n) is 13.0. The van der Waals surface area contributed by atoms with Crippen LogP contribution in [0.3, 0.4) is 0 Å². The van der Waals surface area contributed by atoms with E-state index in [0.29, 0.717) is 11.5 Å². The van der Waals surface area contributed by atoms with E-state index < -0.39 is 0 Å². The molecule has 104 valence electrons. The Morgan fingerprint density at radius 2 is 1.47 bits per heavy atom. The van der Waals surface area contributed by atoms with Crippen LogP contribution in [0.4, 0.5) is 0 Å². The molecule has 0 amide bonds. The Labute approximate surface area is 109 Å². The van der Waals surface area contributed by atoms with E-state index in [1.165, 1.54) is 38.9 Å². The van der Waals surface area contributed by atoms with Gasteiger partial charge in [-0.05, 0) is 44.3 Å². The van der Waals surface area contributed by atoms with Crippen molar-refractivity contribution in [1.82, 2.24) is 10.2 Å². The Hall–Kier alpha value is -0.0800. The van der Waals surface area contributed by atoms with Gasteiger partial charge >= 0.3 is 0 Å². The highest BCUT2D eigenvalue weighted by Gasteiger charge is 2.25. The lowest BCUT2D eigenvalue weighted by Crippen LogP contribution is -2.49. The Bertz CT molecular complexity index is 166. The summed E-state index contributed by atoms with van der Waals surface area (Å²) in [5.74, 6) is 0. The molecule has 0 heterocycles. The number of hydrogen-bond donors (Lipinski definition) is 1. The third kappa shape index (κ3) is 7.77. The van der Waals surface area contributed by atoms with Crippen LogP contribution in [0.5, 0.6) is 0 Å². The molecular weight excluding hydrogens is 208 g/mol. The third-order valence-electron chi connectivity index (χ3n) is 3.21. The molecule has 1 atom stereocenters. The fraction of sp³-hybridized carbons (Fsp3) is 1.00.